The average Bonchev–Trinajstić information content (AvgIpc) is 3.24. The minimum atomic E-state index is -0.119. The van der Waals surface area contributed by atoms with E-state index in [0.717, 1.165) is 63.9 Å². The number of carbonyl (C=O) groups is 1. The number of carbonyl (C=O) groups excluding carboxylic acids is 1. The Labute approximate surface area is 181 Å². The third kappa shape index (κ3) is 4.05. The first kappa shape index (κ1) is 20.2. The highest BCUT2D eigenvalue weighted by Gasteiger charge is 2.44. The van der Waals surface area contributed by atoms with Crippen molar-refractivity contribution in [3.05, 3.63) is 33.3 Å². The number of hydrogen-bond donors (Lipinski definition) is 1. The van der Waals surface area contributed by atoms with Crippen LogP contribution in [0.1, 0.15) is 60.5 Å². The van der Waals surface area contributed by atoms with Crippen LogP contribution in [0.5, 0.6) is 0 Å². The molecule has 3 aliphatic rings. The van der Waals surface area contributed by atoms with E-state index >= 15 is 0 Å². The second-order valence-corrected chi connectivity index (χ2v) is 10.2. The first-order valence-electron chi connectivity index (χ1n) is 11.2. The van der Waals surface area contributed by atoms with E-state index in [1.54, 1.807) is 4.68 Å². The average molecular weight is 430 g/mol. The summed E-state index contributed by atoms with van der Waals surface area (Å²) < 4.78 is 8.10. The highest BCUT2D eigenvalue weighted by molar-refractivity contribution is 7.12. The lowest BCUT2D eigenvalue weighted by molar-refractivity contribution is -0.122. The zero-order chi connectivity index (χ0) is 20.7. The molecule has 0 aromatic carbocycles. The quantitative estimate of drug-likeness (QED) is 0.764. The largest absolute Gasteiger partial charge is 0.370 e. The van der Waals surface area contributed by atoms with Crippen molar-refractivity contribution in [3.8, 4) is 0 Å². The topological polar surface area (TPSA) is 72.3 Å². The predicted octanol–water partition coefficient (Wildman–Crippen LogP) is 2.63. The van der Waals surface area contributed by atoms with Gasteiger partial charge in [0.25, 0.3) is 0 Å². The Balaban J connectivity index is 1.22. The fourth-order valence-electron chi connectivity index (χ4n) is 4.85. The van der Waals surface area contributed by atoms with Gasteiger partial charge in [0.2, 0.25) is 5.91 Å². The van der Waals surface area contributed by atoms with Crippen LogP contribution in [-0.4, -0.2) is 51.0 Å². The lowest BCUT2D eigenvalue weighted by Crippen LogP contribution is -2.50. The summed E-state index contributed by atoms with van der Waals surface area (Å²) >= 11 is 1.98. The number of amides is 1. The number of aryl methyl sites for hydroxylation is 1. The Kier molecular flexibility index (Phi) is 5.41. The zero-order valence-corrected chi connectivity index (χ0v) is 18.7. The fourth-order valence-corrected chi connectivity index (χ4v) is 6.03. The lowest BCUT2D eigenvalue weighted by atomic mass is 9.79. The Morgan fingerprint density at radius 1 is 1.43 bits per heavy atom. The molecule has 2 fully saturated rings. The van der Waals surface area contributed by atoms with E-state index in [-0.39, 0.29) is 18.1 Å². The summed E-state index contributed by atoms with van der Waals surface area (Å²) in [6, 6.07) is 3.18. The number of aromatic nitrogens is 3. The van der Waals surface area contributed by atoms with Crippen molar-refractivity contribution in [1.82, 2.24) is 25.2 Å². The molecular weight excluding hydrogens is 398 g/mol. The monoisotopic (exact) mass is 429 g/mol. The van der Waals surface area contributed by atoms with Crippen LogP contribution in [0.2, 0.25) is 0 Å². The van der Waals surface area contributed by atoms with Crippen molar-refractivity contribution in [2.75, 3.05) is 13.2 Å². The molecule has 0 radical (unpaired) electrons. The number of rotatable bonds is 6. The van der Waals surface area contributed by atoms with Crippen molar-refractivity contribution in [2.24, 2.45) is 0 Å². The molecule has 1 spiro atoms. The smallest absolute Gasteiger partial charge is 0.242 e. The molecule has 1 amide bonds. The van der Waals surface area contributed by atoms with Crippen molar-refractivity contribution < 1.29 is 9.53 Å². The number of thiophene rings is 1. The molecule has 2 atom stereocenters. The molecule has 2 aromatic rings. The van der Waals surface area contributed by atoms with Gasteiger partial charge in [-0.2, -0.15) is 0 Å². The van der Waals surface area contributed by atoms with Crippen molar-refractivity contribution in [1.29, 1.82) is 0 Å². The van der Waals surface area contributed by atoms with Gasteiger partial charge in [0.05, 0.1) is 24.1 Å². The van der Waals surface area contributed by atoms with Gasteiger partial charge in [-0.3, -0.25) is 9.69 Å². The molecule has 7 nitrogen and oxygen atoms in total. The van der Waals surface area contributed by atoms with Gasteiger partial charge in [0, 0.05) is 41.3 Å². The molecule has 8 heteroatoms. The highest BCUT2D eigenvalue weighted by atomic mass is 32.1. The Bertz CT molecular complexity index is 921. The number of hydrogen-bond acceptors (Lipinski definition) is 6. The van der Waals surface area contributed by atoms with E-state index in [2.05, 4.69) is 40.4 Å². The maximum atomic E-state index is 12.0. The molecule has 162 valence electrons. The number of ether oxygens (including phenoxy) is 1. The number of nitrogens with one attached hydrogen (secondary N) is 1. The SMILES string of the molecule is CCc1cc2c(s1)CCO[C@@]21CCN(Cc2cn(CC(=O)NC3CC3)nn2)[C@@H](C)C1. The normalized spacial score (nSPS) is 26.7. The Hall–Kier alpha value is -1.77. The summed E-state index contributed by atoms with van der Waals surface area (Å²) in [5.41, 5.74) is 2.26. The molecule has 5 rings (SSSR count). The summed E-state index contributed by atoms with van der Waals surface area (Å²) in [7, 11) is 0. The van der Waals surface area contributed by atoms with E-state index in [1.165, 1.54) is 15.3 Å². The second-order valence-electron chi connectivity index (χ2n) is 9.02. The maximum Gasteiger partial charge on any atom is 0.242 e. The van der Waals surface area contributed by atoms with Crippen LogP contribution in [0.15, 0.2) is 12.3 Å². The molecule has 1 aliphatic carbocycles. The molecule has 30 heavy (non-hydrogen) atoms. The van der Waals surface area contributed by atoms with E-state index in [4.69, 9.17) is 4.74 Å². The Morgan fingerprint density at radius 2 is 2.30 bits per heavy atom. The van der Waals surface area contributed by atoms with Gasteiger partial charge in [-0.05, 0) is 50.7 Å². The van der Waals surface area contributed by atoms with Crippen LogP contribution in [0.4, 0.5) is 0 Å². The van der Waals surface area contributed by atoms with Gasteiger partial charge in [-0.1, -0.05) is 12.1 Å². The maximum absolute atomic E-state index is 12.0. The van der Waals surface area contributed by atoms with Crippen LogP contribution in [0.25, 0.3) is 0 Å². The molecule has 1 saturated heterocycles. The van der Waals surface area contributed by atoms with Gasteiger partial charge in [0.15, 0.2) is 0 Å². The molecule has 0 bridgehead atoms. The van der Waals surface area contributed by atoms with E-state index in [9.17, 15) is 4.79 Å². The van der Waals surface area contributed by atoms with E-state index in [1.807, 2.05) is 17.5 Å². The van der Waals surface area contributed by atoms with Crippen molar-refractivity contribution in [2.45, 2.75) is 83.1 Å². The molecule has 2 aliphatic heterocycles. The molecule has 1 N–H and O–H groups in total. The van der Waals surface area contributed by atoms with Gasteiger partial charge < -0.3 is 10.1 Å². The Morgan fingerprint density at radius 3 is 3.07 bits per heavy atom. The van der Waals surface area contributed by atoms with Crippen LogP contribution in [0, 0.1) is 0 Å². The minimum Gasteiger partial charge on any atom is -0.370 e. The molecule has 1 saturated carbocycles. The number of fused-ring (bicyclic) bond motifs is 2. The standard InChI is InChI=1S/C22H31N5O2S/c1-3-18-10-19-20(30-18)6-9-29-22(19)7-8-26(15(2)11-22)12-17-13-27(25-24-17)14-21(28)23-16-4-5-16/h10,13,15-16H,3-9,11-12,14H2,1-2H3,(H,23,28)/t15-,22+/m0/s1. The van der Waals surface area contributed by atoms with Gasteiger partial charge in [-0.25, -0.2) is 4.68 Å². The summed E-state index contributed by atoms with van der Waals surface area (Å²) in [5.74, 6) is 0.0229. The summed E-state index contributed by atoms with van der Waals surface area (Å²) in [4.78, 5) is 17.5. The molecule has 0 unspecified atom stereocenters. The first-order chi connectivity index (χ1) is 14.5. The van der Waals surface area contributed by atoms with Crippen molar-refractivity contribution in [3.63, 3.8) is 0 Å². The molecule has 2 aromatic heterocycles. The molecular formula is C22H31N5O2S. The third-order valence-corrected chi connectivity index (χ3v) is 8.00. The minimum absolute atomic E-state index is 0.0229. The second kappa shape index (κ2) is 8.05. The van der Waals surface area contributed by atoms with E-state index < -0.39 is 0 Å². The summed E-state index contributed by atoms with van der Waals surface area (Å²) in [5, 5.41) is 11.5. The van der Waals surface area contributed by atoms with E-state index in [0.29, 0.717) is 12.1 Å². The third-order valence-electron chi connectivity index (χ3n) is 6.66. The van der Waals surface area contributed by atoms with Crippen LogP contribution in [0.3, 0.4) is 0 Å². The highest BCUT2D eigenvalue weighted by Crippen LogP contribution is 2.46. The summed E-state index contributed by atoms with van der Waals surface area (Å²) in [6.45, 7) is 7.35. The molecule has 4 heterocycles. The number of nitrogens with zero attached hydrogens (tertiary/aromatic N) is 4. The zero-order valence-electron chi connectivity index (χ0n) is 17.9. The van der Waals surface area contributed by atoms with Crippen molar-refractivity contribution >= 4 is 17.2 Å². The first-order valence-corrected chi connectivity index (χ1v) is 12.0. The van der Waals surface area contributed by atoms with Gasteiger partial charge >= 0.3 is 0 Å². The van der Waals surface area contributed by atoms with Gasteiger partial charge in [0.1, 0.15) is 6.54 Å². The number of likely N-dealkylation sites (tertiary alicyclic amines) is 1. The fraction of sp³-hybridized carbons (Fsp3) is 0.682. The summed E-state index contributed by atoms with van der Waals surface area (Å²) in [6.07, 6.45) is 8.28. The van der Waals surface area contributed by atoms with Crippen LogP contribution in [-0.2, 0) is 41.1 Å². The van der Waals surface area contributed by atoms with Crippen LogP contribution < -0.4 is 5.32 Å². The van der Waals surface area contributed by atoms with Crippen LogP contribution >= 0.6 is 11.3 Å². The van der Waals surface area contributed by atoms with Gasteiger partial charge in [-0.15, -0.1) is 16.4 Å². The number of piperidine rings is 1. The predicted molar refractivity (Wildman–Crippen MR) is 115 cm³/mol. The lowest BCUT2D eigenvalue weighted by Gasteiger charge is -2.47.